The second kappa shape index (κ2) is 35.6. The number of anilines is 2. The number of carboxylic acid groups (broad SMARTS) is 1. The highest BCUT2D eigenvalue weighted by Gasteiger charge is 2.38. The summed E-state index contributed by atoms with van der Waals surface area (Å²) >= 11 is 0. The van der Waals surface area contributed by atoms with E-state index in [0.29, 0.717) is 24.3 Å². The molecule has 82 heavy (non-hydrogen) atoms. The van der Waals surface area contributed by atoms with Gasteiger partial charge >= 0.3 is 5.97 Å². The lowest BCUT2D eigenvalue weighted by molar-refractivity contribution is -0.138. The molecule has 0 fully saturated rings. The van der Waals surface area contributed by atoms with Gasteiger partial charge in [-0.25, -0.2) is 0 Å². The topological polar surface area (TPSA) is 244 Å². The van der Waals surface area contributed by atoms with E-state index in [2.05, 4.69) is 110 Å². The molecule has 0 saturated heterocycles. The zero-order valence-electron chi connectivity index (χ0n) is 50.6. The van der Waals surface area contributed by atoms with E-state index < -0.39 is 22.6 Å². The van der Waals surface area contributed by atoms with E-state index in [1.54, 1.807) is 72.4 Å². The Morgan fingerprint density at radius 1 is 0.524 bits per heavy atom. The van der Waals surface area contributed by atoms with Gasteiger partial charge in [0, 0.05) is 55.9 Å². The number of aryl methyl sites for hydroxylation is 2. The van der Waals surface area contributed by atoms with Crippen molar-refractivity contribution in [2.24, 2.45) is 5.73 Å². The van der Waals surface area contributed by atoms with E-state index >= 15 is 0 Å². The molecular weight excluding hydrogens is 1070 g/mol. The number of nitrogens with zero attached hydrogens (tertiary/aromatic N) is 2. The highest BCUT2D eigenvalue weighted by Crippen LogP contribution is 2.38. The molecular formula is C63H96N6O11Si2. The van der Waals surface area contributed by atoms with Crippen LogP contribution in [0, 0.1) is 0 Å². The molecule has 6 N–H and O–H groups in total. The van der Waals surface area contributed by atoms with Gasteiger partial charge in [0.1, 0.15) is 5.78 Å². The first-order valence-corrected chi connectivity index (χ1v) is 33.5. The van der Waals surface area contributed by atoms with Crippen LogP contribution in [0.15, 0.2) is 97.1 Å². The Labute approximate surface area is 491 Å². The summed E-state index contributed by atoms with van der Waals surface area (Å²) in [7, 11) is -0.227. The third-order valence-electron chi connectivity index (χ3n) is 14.5. The Kier molecular flexibility index (Phi) is 32.0. The van der Waals surface area contributed by atoms with Crippen molar-refractivity contribution < 1.29 is 52.3 Å². The number of benzene rings is 4. The molecule has 0 spiro atoms. The predicted octanol–water partition coefficient (Wildman–Crippen LogP) is 9.89. The average Bonchev–Trinajstić information content (AvgIpc) is 3.45. The van der Waals surface area contributed by atoms with E-state index in [-0.39, 0.29) is 123 Å². The molecule has 4 rings (SSSR count). The third kappa shape index (κ3) is 26.7. The highest BCUT2D eigenvalue weighted by molar-refractivity contribution is 6.74. The number of likely N-dealkylation sites (N-methyl/N-ethyl adjacent to an activating group) is 1. The molecule has 452 valence electrons. The second-order valence-electron chi connectivity index (χ2n) is 23.0. The molecule has 0 heterocycles. The largest absolute Gasteiger partial charge is 0.481 e. The number of amides is 3. The summed E-state index contributed by atoms with van der Waals surface area (Å²) in [5, 5.41) is 16.7. The number of aliphatic carboxylic acids is 1. The molecule has 4 aromatic carbocycles. The lowest BCUT2D eigenvalue weighted by Crippen LogP contribution is -2.40. The molecule has 17 nitrogen and oxygen atoms in total. The van der Waals surface area contributed by atoms with Crippen molar-refractivity contribution in [1.29, 1.82) is 0 Å². The zero-order chi connectivity index (χ0) is 61.1. The summed E-state index contributed by atoms with van der Waals surface area (Å²) in [4.78, 5) is 97.5. The maximum absolute atomic E-state index is 12.9. The summed E-state index contributed by atoms with van der Waals surface area (Å²) in [5.41, 5.74) is 12.7. The van der Waals surface area contributed by atoms with Gasteiger partial charge in [0.2, 0.25) is 17.7 Å². The Morgan fingerprint density at radius 2 is 0.902 bits per heavy atom. The molecule has 0 saturated carbocycles. The van der Waals surface area contributed by atoms with Gasteiger partial charge in [-0.3, -0.25) is 38.4 Å². The number of nitrogens with two attached hydrogens (primary N) is 1. The van der Waals surface area contributed by atoms with E-state index in [1.165, 1.54) is 5.56 Å². The van der Waals surface area contributed by atoms with Gasteiger partial charge in [0.05, 0.1) is 58.9 Å². The van der Waals surface area contributed by atoms with Gasteiger partial charge in [-0.15, -0.1) is 0 Å². The van der Waals surface area contributed by atoms with Crippen LogP contribution < -0.4 is 31.5 Å². The average molecular weight is 1170 g/mol. The molecule has 0 radical (unpaired) electrons. The molecule has 0 aromatic heterocycles. The molecule has 19 heteroatoms. The van der Waals surface area contributed by atoms with Gasteiger partial charge in [0.25, 0.3) is 0 Å². The molecule has 0 atom stereocenters. The van der Waals surface area contributed by atoms with Gasteiger partial charge in [0.15, 0.2) is 34.0 Å². The Bertz CT molecular complexity index is 2710. The van der Waals surface area contributed by atoms with Crippen LogP contribution in [0.5, 0.6) is 0 Å². The number of nitrogens with one attached hydrogen (secondary N) is 3. The number of carbonyl (C=O) groups is 8. The quantitative estimate of drug-likeness (QED) is 0.0251. The number of carbonyl (C=O) groups excluding carboxylic acids is 7. The van der Waals surface area contributed by atoms with Crippen molar-refractivity contribution >= 4 is 74.8 Å². The molecule has 0 aliphatic carbocycles. The van der Waals surface area contributed by atoms with Crippen molar-refractivity contribution in [3.63, 3.8) is 0 Å². The fraction of sp³-hybridized carbons (Fsp3) is 0.492. The maximum Gasteiger partial charge on any atom is 0.303 e. The summed E-state index contributed by atoms with van der Waals surface area (Å²) < 4.78 is 12.7. The zero-order valence-corrected chi connectivity index (χ0v) is 52.6. The first kappa shape index (κ1) is 73.7. The van der Waals surface area contributed by atoms with Crippen LogP contribution in [0.4, 0.5) is 11.4 Å². The molecule has 0 aliphatic rings. The lowest BCUT2D eigenvalue weighted by atomic mass is 10.1. The van der Waals surface area contributed by atoms with Gasteiger partial charge in [-0.05, 0) is 95.6 Å². The van der Waals surface area contributed by atoms with E-state index in [1.807, 2.05) is 36.4 Å². The number of carboxylic acids is 1. The first-order valence-electron chi connectivity index (χ1n) is 27.7. The lowest BCUT2D eigenvalue weighted by Gasteiger charge is -2.36. The predicted molar refractivity (Wildman–Crippen MR) is 335 cm³/mol. The van der Waals surface area contributed by atoms with Crippen molar-refractivity contribution in [1.82, 2.24) is 16.0 Å². The Balaban J connectivity index is 0.000000675. The number of Topliss-reactive ketones (excluding diaryl/α,β-unsaturated/α-hetero) is 4. The Morgan fingerprint density at radius 3 is 1.29 bits per heavy atom. The molecule has 0 unspecified atom stereocenters. The summed E-state index contributed by atoms with van der Waals surface area (Å²) in [5.74, 6) is -2.31. The van der Waals surface area contributed by atoms with Crippen molar-refractivity contribution in [2.75, 3.05) is 63.2 Å². The smallest absolute Gasteiger partial charge is 0.303 e. The fourth-order valence-corrected chi connectivity index (χ4v) is 8.91. The van der Waals surface area contributed by atoms with Crippen LogP contribution in [0.3, 0.4) is 0 Å². The van der Waals surface area contributed by atoms with Crippen LogP contribution in [-0.4, -0.2) is 122 Å². The second-order valence-corrected chi connectivity index (χ2v) is 32.6. The molecule has 3 amide bonds. The van der Waals surface area contributed by atoms with Crippen LogP contribution in [-0.2, 0) is 63.7 Å². The van der Waals surface area contributed by atoms with Gasteiger partial charge in [-0.1, -0.05) is 136 Å². The van der Waals surface area contributed by atoms with E-state index in [0.717, 1.165) is 40.9 Å². The monoisotopic (exact) mass is 1170 g/mol. The first-order chi connectivity index (χ1) is 37.8. The minimum Gasteiger partial charge on any atom is -0.481 e. The standard InChI is InChI=1S/C31H45N3O5Si.C18H32N2O2Si.C13H15NO4.CH4/c1-8-23-16-24(22-39-40(6,7)31(2,3)4)18-26(17-23)34(5)30(38)15-14-27(35)19-33-29(37)21-32-20-28(36)25-12-10-9-11-13-25;1-8-14-9-15(13-22-23(6,7)18(2,3)4)11-16(10-14)20(5)17(21)12-19;15-11(6-7-13(17)18)8-14-9-12(16)10-4-2-1-3-5-10;/h9-13,16-18,32H,8,14-15,19-22H2,1-7H3,(H,33,37);9-11H,8,12-13,19H2,1-7H3;1-5,14H,6-9H2,(H,17,18);1H4. The summed E-state index contributed by atoms with van der Waals surface area (Å²) in [6.45, 7) is 27.4. The SMILES string of the molecule is C.CCc1cc(CO[Si](C)(C)C(C)(C)C)cc(N(C)C(=O)CCC(=O)CNC(=O)CNCC(=O)c2ccccc2)c1.CCc1cc(CO[Si](C)(C)C(C)(C)C)cc(N(C)C(=O)CN)c1.O=C(O)CCC(=O)CNCC(=O)c1ccccc1. The van der Waals surface area contributed by atoms with Crippen LogP contribution in [0.2, 0.25) is 36.3 Å². The van der Waals surface area contributed by atoms with Gasteiger partial charge in [-0.2, -0.15) is 0 Å². The van der Waals surface area contributed by atoms with Crippen LogP contribution in [0.1, 0.15) is 131 Å². The number of rotatable bonds is 29. The van der Waals surface area contributed by atoms with Crippen LogP contribution >= 0.6 is 0 Å². The van der Waals surface area contributed by atoms with E-state index in [9.17, 15) is 38.4 Å². The highest BCUT2D eigenvalue weighted by atomic mass is 28.4. The Hall–Kier alpha value is -6.33. The number of hydrogen-bond donors (Lipinski definition) is 5. The van der Waals surface area contributed by atoms with E-state index in [4.69, 9.17) is 19.7 Å². The number of ketones is 4. The number of hydrogen-bond acceptors (Lipinski definition) is 13. The van der Waals surface area contributed by atoms with Crippen LogP contribution in [0.25, 0.3) is 0 Å². The molecule has 0 bridgehead atoms. The van der Waals surface area contributed by atoms with Gasteiger partial charge < -0.3 is 45.4 Å². The molecule has 0 aliphatic heterocycles. The fourth-order valence-electron chi connectivity index (χ4n) is 6.99. The maximum atomic E-state index is 12.9. The van der Waals surface area contributed by atoms with Crippen molar-refractivity contribution in [2.45, 2.75) is 151 Å². The normalized spacial score (nSPS) is 11.4. The summed E-state index contributed by atoms with van der Waals surface area (Å²) in [6, 6.07) is 29.9. The van der Waals surface area contributed by atoms with Crippen molar-refractivity contribution in [3.8, 4) is 0 Å². The molecule has 4 aromatic rings. The minimum absolute atomic E-state index is 0. The minimum atomic E-state index is -1.92. The van der Waals surface area contributed by atoms with Crippen molar-refractivity contribution in [3.05, 3.63) is 130 Å². The third-order valence-corrected chi connectivity index (χ3v) is 23.4. The summed E-state index contributed by atoms with van der Waals surface area (Å²) in [6.07, 6.45) is 1.64.